The van der Waals surface area contributed by atoms with E-state index in [0.717, 1.165) is 22.4 Å². The lowest BCUT2D eigenvalue weighted by Crippen LogP contribution is -2.35. The van der Waals surface area contributed by atoms with Crippen LogP contribution in [0.2, 0.25) is 0 Å². The van der Waals surface area contributed by atoms with Gasteiger partial charge in [0.25, 0.3) is 5.56 Å². The van der Waals surface area contributed by atoms with E-state index in [0.29, 0.717) is 37.2 Å². The Bertz CT molecular complexity index is 1490. The predicted octanol–water partition coefficient (Wildman–Crippen LogP) is 2.43. The molecular formula is C27H28N6O3. The second-order valence-electron chi connectivity index (χ2n) is 9.30. The molecule has 2 aromatic heterocycles. The highest BCUT2D eigenvalue weighted by atomic mass is 16.2. The molecule has 1 saturated heterocycles. The maximum Gasteiger partial charge on any atom is 0.264 e. The number of carbonyl (C=O) groups excluding carboxylic acids is 2. The number of benzene rings is 2. The smallest absolute Gasteiger partial charge is 0.264 e. The molecule has 1 atom stereocenters. The molecule has 36 heavy (non-hydrogen) atoms. The van der Waals surface area contributed by atoms with Crippen LogP contribution in [0.5, 0.6) is 0 Å². The van der Waals surface area contributed by atoms with Gasteiger partial charge in [0.1, 0.15) is 11.7 Å². The summed E-state index contributed by atoms with van der Waals surface area (Å²) >= 11 is 0. The van der Waals surface area contributed by atoms with Crippen molar-refractivity contribution in [3.63, 3.8) is 0 Å². The van der Waals surface area contributed by atoms with Gasteiger partial charge >= 0.3 is 0 Å². The van der Waals surface area contributed by atoms with Gasteiger partial charge in [0, 0.05) is 25.2 Å². The van der Waals surface area contributed by atoms with E-state index in [4.69, 9.17) is 0 Å². The predicted molar refractivity (Wildman–Crippen MR) is 137 cm³/mol. The van der Waals surface area contributed by atoms with Crippen molar-refractivity contribution in [2.45, 2.75) is 33.4 Å². The third-order valence-electron chi connectivity index (χ3n) is 6.52. The van der Waals surface area contributed by atoms with Crippen molar-refractivity contribution in [1.29, 1.82) is 0 Å². The number of aryl methyl sites for hydroxylation is 2. The van der Waals surface area contributed by atoms with Crippen molar-refractivity contribution in [3.8, 4) is 0 Å². The zero-order valence-electron chi connectivity index (χ0n) is 20.3. The van der Waals surface area contributed by atoms with Crippen LogP contribution >= 0.6 is 0 Å². The summed E-state index contributed by atoms with van der Waals surface area (Å²) in [4.78, 5) is 44.3. The molecule has 184 valence electrons. The second-order valence-corrected chi connectivity index (χ2v) is 9.30. The number of aromatic nitrogens is 4. The molecule has 2 aromatic carbocycles. The van der Waals surface area contributed by atoms with Crippen LogP contribution in [0.15, 0.2) is 65.8 Å². The topological polar surface area (TPSA) is 102 Å². The van der Waals surface area contributed by atoms with Gasteiger partial charge in [0.2, 0.25) is 11.8 Å². The highest BCUT2D eigenvalue weighted by molar-refractivity contribution is 6.00. The van der Waals surface area contributed by atoms with E-state index >= 15 is 0 Å². The molecule has 4 aromatic rings. The van der Waals surface area contributed by atoms with Crippen LogP contribution in [0.4, 0.5) is 5.69 Å². The molecule has 0 spiro atoms. The Hall–Kier alpha value is -4.27. The molecule has 0 bridgehead atoms. The molecule has 0 saturated carbocycles. The van der Waals surface area contributed by atoms with Gasteiger partial charge in [-0.15, -0.1) is 0 Å². The highest BCUT2D eigenvalue weighted by Gasteiger charge is 2.34. The van der Waals surface area contributed by atoms with Gasteiger partial charge in [0.05, 0.1) is 25.2 Å². The number of anilines is 1. The van der Waals surface area contributed by atoms with Gasteiger partial charge < -0.3 is 10.2 Å². The maximum atomic E-state index is 12.9. The Morgan fingerprint density at radius 2 is 1.89 bits per heavy atom. The Morgan fingerprint density at radius 3 is 2.67 bits per heavy atom. The van der Waals surface area contributed by atoms with Crippen molar-refractivity contribution < 1.29 is 9.59 Å². The minimum Gasteiger partial charge on any atom is -0.354 e. The maximum absolute atomic E-state index is 12.9. The van der Waals surface area contributed by atoms with Gasteiger partial charge in [-0.2, -0.15) is 5.10 Å². The summed E-state index contributed by atoms with van der Waals surface area (Å²) < 4.78 is 3.19. The summed E-state index contributed by atoms with van der Waals surface area (Å²) in [7, 11) is 0. The number of nitrogens with zero attached hydrogens (tertiary/aromatic N) is 5. The number of amides is 2. The quantitative estimate of drug-likeness (QED) is 0.434. The minimum absolute atomic E-state index is 0.0526. The lowest BCUT2D eigenvalue weighted by atomic mass is 10.1. The first-order valence-electron chi connectivity index (χ1n) is 12.0. The van der Waals surface area contributed by atoms with Crippen molar-refractivity contribution in [2.24, 2.45) is 5.92 Å². The molecule has 1 aliphatic rings. The summed E-state index contributed by atoms with van der Waals surface area (Å²) in [5.41, 5.74) is 4.41. The number of hydrogen-bond donors (Lipinski definition) is 1. The van der Waals surface area contributed by atoms with Gasteiger partial charge in [-0.05, 0) is 31.5 Å². The molecule has 0 radical (unpaired) electrons. The molecule has 1 fully saturated rings. The molecule has 9 heteroatoms. The molecular weight excluding hydrogens is 456 g/mol. The molecule has 0 aliphatic carbocycles. The van der Waals surface area contributed by atoms with E-state index < -0.39 is 5.92 Å². The van der Waals surface area contributed by atoms with Crippen LogP contribution in [-0.2, 0) is 22.7 Å². The molecule has 1 aliphatic heterocycles. The standard InChI is InChI=1S/C27H28N6O3/c1-18-6-8-22(9-7-18)32-16-21(13-24(32)34)26(35)28-10-11-33-25-23(14-30-33)27(36)31(17-29-25)15-20-5-3-4-19(2)12-20/h3-9,12,14,17,21H,10-11,13,15-16H2,1-2H3,(H,28,35). The molecule has 1 N–H and O–H groups in total. The SMILES string of the molecule is Cc1ccc(N2CC(C(=O)NCCn3ncc4c(=O)n(Cc5cccc(C)c5)cnc43)CC2=O)cc1. The van der Waals surface area contributed by atoms with Crippen LogP contribution < -0.4 is 15.8 Å². The van der Waals surface area contributed by atoms with Crippen LogP contribution in [0.3, 0.4) is 0 Å². The Labute approximate surface area is 208 Å². The number of hydrogen-bond acceptors (Lipinski definition) is 5. The van der Waals surface area contributed by atoms with E-state index in [9.17, 15) is 14.4 Å². The summed E-state index contributed by atoms with van der Waals surface area (Å²) in [6, 6.07) is 15.7. The van der Waals surface area contributed by atoms with E-state index in [1.54, 1.807) is 14.1 Å². The fourth-order valence-electron chi connectivity index (χ4n) is 4.57. The fraction of sp³-hybridized carbons (Fsp3) is 0.296. The summed E-state index contributed by atoms with van der Waals surface area (Å²) in [5, 5.41) is 7.65. The monoisotopic (exact) mass is 484 g/mol. The fourth-order valence-corrected chi connectivity index (χ4v) is 4.57. The van der Waals surface area contributed by atoms with Crippen molar-refractivity contribution in [1.82, 2.24) is 24.6 Å². The van der Waals surface area contributed by atoms with Gasteiger partial charge in [-0.1, -0.05) is 47.5 Å². The minimum atomic E-state index is -0.403. The van der Waals surface area contributed by atoms with Gasteiger partial charge in [-0.3, -0.25) is 19.0 Å². The third-order valence-corrected chi connectivity index (χ3v) is 6.52. The van der Waals surface area contributed by atoms with Crippen molar-refractivity contribution in [3.05, 3.63) is 88.1 Å². The number of carbonyl (C=O) groups is 2. The number of fused-ring (bicyclic) bond motifs is 1. The van der Waals surface area contributed by atoms with E-state index in [-0.39, 0.29) is 23.8 Å². The Balaban J connectivity index is 1.20. The third kappa shape index (κ3) is 4.77. The first-order valence-corrected chi connectivity index (χ1v) is 12.0. The zero-order chi connectivity index (χ0) is 25.2. The Morgan fingerprint density at radius 1 is 1.08 bits per heavy atom. The van der Waals surface area contributed by atoms with Gasteiger partial charge in [0.15, 0.2) is 5.65 Å². The molecule has 1 unspecified atom stereocenters. The van der Waals surface area contributed by atoms with E-state index in [1.807, 2.05) is 62.4 Å². The van der Waals surface area contributed by atoms with Crippen molar-refractivity contribution >= 4 is 28.5 Å². The number of rotatable bonds is 7. The average molecular weight is 485 g/mol. The van der Waals surface area contributed by atoms with Crippen LogP contribution in [0.1, 0.15) is 23.1 Å². The second kappa shape index (κ2) is 9.77. The lowest BCUT2D eigenvalue weighted by molar-refractivity contribution is -0.126. The Kier molecular flexibility index (Phi) is 6.37. The first kappa shape index (κ1) is 23.5. The van der Waals surface area contributed by atoms with E-state index in [2.05, 4.69) is 15.4 Å². The first-order chi connectivity index (χ1) is 17.4. The van der Waals surface area contributed by atoms with Crippen LogP contribution in [-0.4, -0.2) is 44.2 Å². The average Bonchev–Trinajstić information content (AvgIpc) is 3.45. The summed E-state index contributed by atoms with van der Waals surface area (Å²) in [6.45, 7) is 5.49. The molecule has 5 rings (SSSR count). The summed E-state index contributed by atoms with van der Waals surface area (Å²) in [5.74, 6) is -0.619. The molecule has 9 nitrogen and oxygen atoms in total. The summed E-state index contributed by atoms with van der Waals surface area (Å²) in [6.07, 6.45) is 3.24. The van der Waals surface area contributed by atoms with Gasteiger partial charge in [-0.25, -0.2) is 9.67 Å². The highest BCUT2D eigenvalue weighted by Crippen LogP contribution is 2.25. The molecule has 2 amide bonds. The van der Waals surface area contributed by atoms with Crippen LogP contribution in [0.25, 0.3) is 11.0 Å². The van der Waals surface area contributed by atoms with Crippen molar-refractivity contribution in [2.75, 3.05) is 18.0 Å². The lowest BCUT2D eigenvalue weighted by Gasteiger charge is -2.17. The number of nitrogens with one attached hydrogen (secondary N) is 1. The normalized spacial score (nSPS) is 15.6. The van der Waals surface area contributed by atoms with E-state index in [1.165, 1.54) is 12.5 Å². The van der Waals surface area contributed by atoms with Crippen LogP contribution in [0, 0.1) is 19.8 Å². The largest absolute Gasteiger partial charge is 0.354 e. The zero-order valence-corrected chi connectivity index (χ0v) is 20.3. The molecule has 3 heterocycles.